The van der Waals surface area contributed by atoms with Crippen LogP contribution in [0.1, 0.15) is 160 Å². The van der Waals surface area contributed by atoms with Gasteiger partial charge in [0.1, 0.15) is 20.0 Å². The van der Waals surface area contributed by atoms with Crippen molar-refractivity contribution in [1.29, 1.82) is 0 Å². The Morgan fingerprint density at radius 2 is 0.675 bits per heavy atom. The Hall–Kier alpha value is -10.9. The normalized spacial score (nSPS) is 16.5. The Bertz CT molecular complexity index is 5730. The zero-order valence-corrected chi connectivity index (χ0v) is 70.1. The van der Waals surface area contributed by atoms with Gasteiger partial charge in [-0.05, 0) is 121 Å². The Kier molecular flexibility index (Phi) is 26.3. The van der Waals surface area contributed by atoms with E-state index in [0.717, 1.165) is 77.1 Å². The molecule has 0 aliphatic carbocycles. The Balaban J connectivity index is 0.000000152. The van der Waals surface area contributed by atoms with Crippen molar-refractivity contribution in [2.75, 3.05) is 48.6 Å². The van der Waals surface area contributed by atoms with Gasteiger partial charge in [-0.1, -0.05) is 195 Å². The number of carbonyl (C=O) groups is 3. The number of carbonyl (C=O) groups excluding carboxylic acids is 3. The Morgan fingerprint density at radius 3 is 1.02 bits per heavy atom. The van der Waals surface area contributed by atoms with E-state index in [4.69, 9.17) is 32.8 Å². The molecule has 9 heterocycles. The van der Waals surface area contributed by atoms with Crippen molar-refractivity contribution in [3.05, 3.63) is 352 Å². The number of nitrogens with zero attached hydrogens (tertiary/aromatic N) is 9. The topological polar surface area (TPSA) is 287 Å². The van der Waals surface area contributed by atoms with E-state index >= 15 is 0 Å². The van der Waals surface area contributed by atoms with Crippen LogP contribution in [0.2, 0.25) is 0 Å². The summed E-state index contributed by atoms with van der Waals surface area (Å²) in [4.78, 5) is 106. The van der Waals surface area contributed by atoms with Crippen molar-refractivity contribution >= 4 is 68.7 Å². The molecule has 6 aliphatic heterocycles. The fourth-order valence-corrected chi connectivity index (χ4v) is 19.7. The molecule has 8 aromatic carbocycles. The average Bonchev–Trinajstić information content (AvgIpc) is 0.849. The minimum absolute atomic E-state index is 0. The van der Waals surface area contributed by atoms with Gasteiger partial charge in [0, 0.05) is 86.9 Å². The lowest BCUT2D eigenvalue weighted by molar-refractivity contribution is 0.0408. The maximum absolute atomic E-state index is 14.2. The molecule has 26 nitrogen and oxygen atoms in total. The average molecular weight is 1720 g/mol. The van der Waals surface area contributed by atoms with Gasteiger partial charge in [-0.15, -0.1) is 35.3 Å². The molecule has 0 saturated carbocycles. The van der Waals surface area contributed by atoms with Crippen molar-refractivity contribution in [2.45, 2.75) is 130 Å². The molecule has 3 unspecified atom stereocenters. The van der Waals surface area contributed by atoms with Crippen molar-refractivity contribution < 1.29 is 66.0 Å². The first-order chi connectivity index (χ1) is 57.4. The number of thioether (sulfide) groups is 3. The molecule has 11 aromatic rings. The lowest BCUT2D eigenvalue weighted by Gasteiger charge is -2.45. The molecule has 3 N–H and O–H groups in total. The van der Waals surface area contributed by atoms with E-state index in [1.54, 1.807) is 76.4 Å². The van der Waals surface area contributed by atoms with Crippen LogP contribution in [0.3, 0.4) is 0 Å². The predicted molar refractivity (Wildman–Crippen MR) is 462 cm³/mol. The standard InChI is InChI=1S/C39H38N3O7PS.C25H26N3O7PS.C24H23N3O3S.CH4/c1-28(2)40-26-42(36-32-18-10-9-17-31(32)25-51-35-20-12-11-19-33(35)36)41-22-21-34(43)38(37(41)39(40)44)46-27-49-50(45,47-23-29-13-5-3-6-14-29)48-24-30-15-7-4-8-16-30;1-16(2)26-14-28(22-18-8-4-3-7-17(18)13-37-21-10-6-5-9-19(21)22)27-12-11-20(29)24(23(27)25(26)30)34-15-35-36(31,32)33;1-15(2)25-14-27(26-12-11-19(28)23(29)22(26)24(25)30)21-17-8-4-3-7-16(17)13-31-20-10-6-5-9-18(20)21;/h3-22,28,36H,23-27H2,1-2H3;3-12,16,22H,13-15H2,1-2H3,(H2,31,32,33);3-12,15,21,29H,13-14H2,1-2H3;1H4. The molecule has 3 aromatic heterocycles. The molecule has 0 spiro atoms. The highest BCUT2D eigenvalue weighted by molar-refractivity contribution is 7.99. The van der Waals surface area contributed by atoms with Crippen molar-refractivity contribution in [3.8, 4) is 17.2 Å². The van der Waals surface area contributed by atoms with Crippen LogP contribution in [-0.2, 0) is 57.7 Å². The minimum Gasteiger partial charge on any atom is -0.502 e. The smallest absolute Gasteiger partial charge is 0.478 e. The number of hydrogen-bond donors (Lipinski definition) is 3. The van der Waals surface area contributed by atoms with Gasteiger partial charge < -0.3 is 39.1 Å². The van der Waals surface area contributed by atoms with Gasteiger partial charge in [-0.3, -0.25) is 66.9 Å². The number of hydrogen-bond acceptors (Lipinski definition) is 21. The summed E-state index contributed by atoms with van der Waals surface area (Å²) in [7, 11) is -9.07. The lowest BCUT2D eigenvalue weighted by atomic mass is 9.94. The SMILES string of the molecule is C.CC(C)N1CN(C2c3ccccc3CSc3ccccc32)n2ccc(=O)c(O)c2C1=O.CC(C)N1CN(C2c3ccccc3CSc3ccccc32)n2ccc(=O)c(OCOP(=O)(O)O)c2C1=O.CC(C)N1CN(C2c3ccccc3CSc3ccccc32)n2ccc(=O)c(OCOP(=O)(OCc3ccccc3)OCc3ccccc3)c2C1=O. The van der Waals surface area contributed by atoms with Crippen LogP contribution in [0, 0.1) is 0 Å². The van der Waals surface area contributed by atoms with Crippen LogP contribution in [0.15, 0.2) is 272 Å². The van der Waals surface area contributed by atoms with E-state index in [1.165, 1.54) is 40.4 Å². The van der Waals surface area contributed by atoms with Gasteiger partial charge in [-0.2, -0.15) is 0 Å². The number of benzene rings is 8. The lowest BCUT2D eigenvalue weighted by Crippen LogP contribution is -2.57. The molecule has 120 heavy (non-hydrogen) atoms. The number of amides is 3. The van der Waals surface area contributed by atoms with Crippen molar-refractivity contribution in [1.82, 2.24) is 28.7 Å². The molecule has 0 bridgehead atoms. The molecule has 6 aliphatic rings. The first kappa shape index (κ1) is 85.5. The molecule has 0 fully saturated rings. The summed E-state index contributed by atoms with van der Waals surface area (Å²) in [6.45, 7) is 10.7. The minimum atomic E-state index is -4.84. The summed E-state index contributed by atoms with van der Waals surface area (Å²) in [6.07, 6.45) is 4.74. The van der Waals surface area contributed by atoms with Crippen LogP contribution >= 0.6 is 50.9 Å². The summed E-state index contributed by atoms with van der Waals surface area (Å²) in [5, 5.41) is 16.7. The summed E-state index contributed by atoms with van der Waals surface area (Å²) in [5.41, 5.74) is 10.1. The van der Waals surface area contributed by atoms with Gasteiger partial charge in [0.05, 0.1) is 31.3 Å². The second kappa shape index (κ2) is 37.0. The quantitative estimate of drug-likeness (QED) is 0.0472. The fraction of sp³-hybridized carbons (Fsp3) is 0.258. The molecule has 31 heteroatoms. The molecule has 17 rings (SSSR count). The molecule has 0 radical (unpaired) electrons. The molecule has 3 amide bonds. The second-order valence-electron chi connectivity index (χ2n) is 29.5. The number of phosphoric acid groups is 2. The van der Waals surface area contributed by atoms with Gasteiger partial charge in [0.15, 0.2) is 22.8 Å². The van der Waals surface area contributed by atoms with Crippen LogP contribution in [-0.4, -0.2) is 113 Å². The first-order valence-corrected chi connectivity index (χ1v) is 44.5. The molecular formula is C89H91N9O17P2S3. The van der Waals surface area contributed by atoms with E-state index in [2.05, 4.69) is 87.3 Å². The maximum atomic E-state index is 14.2. The number of fused-ring (bicyclic) bond motifs is 9. The van der Waals surface area contributed by atoms with Gasteiger partial charge in [0.2, 0.25) is 41.4 Å². The number of aromatic hydroxyl groups is 1. The summed E-state index contributed by atoms with van der Waals surface area (Å²) < 4.78 is 63.0. The van der Waals surface area contributed by atoms with E-state index in [-0.39, 0.29) is 111 Å². The zero-order valence-electron chi connectivity index (χ0n) is 65.8. The second-order valence-corrected chi connectivity index (χ2v) is 35.5. The third-order valence-corrected chi connectivity index (χ3v) is 26.3. The van der Waals surface area contributed by atoms with E-state index < -0.39 is 57.2 Å². The number of rotatable bonds is 20. The predicted octanol–water partition coefficient (Wildman–Crippen LogP) is 15.7. The monoisotopic (exact) mass is 1720 g/mol. The van der Waals surface area contributed by atoms with Crippen LogP contribution in [0.5, 0.6) is 17.2 Å². The van der Waals surface area contributed by atoms with Gasteiger partial charge in [0.25, 0.3) is 17.7 Å². The highest BCUT2D eigenvalue weighted by atomic mass is 32.2. The number of ether oxygens (including phenoxy) is 2. The third-order valence-electron chi connectivity index (χ3n) is 21.1. The van der Waals surface area contributed by atoms with E-state index in [9.17, 15) is 43.0 Å². The first-order valence-electron chi connectivity index (χ1n) is 38.6. The molecule has 622 valence electrons. The molecule has 3 atom stereocenters. The van der Waals surface area contributed by atoms with Gasteiger partial charge in [-0.25, -0.2) is 18.2 Å². The maximum Gasteiger partial charge on any atom is 0.478 e. The molecular weight excluding hydrogens is 1630 g/mol. The zero-order chi connectivity index (χ0) is 83.4. The van der Waals surface area contributed by atoms with E-state index in [0.29, 0.717) is 6.67 Å². The highest BCUT2D eigenvalue weighted by Gasteiger charge is 2.44. The van der Waals surface area contributed by atoms with Gasteiger partial charge >= 0.3 is 15.6 Å². The van der Waals surface area contributed by atoms with Crippen molar-refractivity contribution in [3.63, 3.8) is 0 Å². The highest BCUT2D eigenvalue weighted by Crippen LogP contribution is 2.52. The molecule has 0 saturated heterocycles. The number of aromatic nitrogens is 3. The van der Waals surface area contributed by atoms with Crippen LogP contribution in [0.25, 0.3) is 0 Å². The fourth-order valence-electron chi connectivity index (χ4n) is 15.2. The largest absolute Gasteiger partial charge is 0.502 e. The summed E-state index contributed by atoms with van der Waals surface area (Å²) in [6, 6.07) is 70.6. The summed E-state index contributed by atoms with van der Waals surface area (Å²) in [5.74, 6) is 0.231. The van der Waals surface area contributed by atoms with E-state index in [1.807, 2.05) is 180 Å². The Morgan fingerprint density at radius 1 is 0.375 bits per heavy atom. The summed E-state index contributed by atoms with van der Waals surface area (Å²) >= 11 is 5.32. The third kappa shape index (κ3) is 18.0. The van der Waals surface area contributed by atoms with Crippen LogP contribution < -0.4 is 40.8 Å². The van der Waals surface area contributed by atoms with Crippen molar-refractivity contribution in [2.24, 2.45) is 0 Å². The Labute approximate surface area is 707 Å². The number of pyridine rings is 3. The van der Waals surface area contributed by atoms with Crippen LogP contribution in [0.4, 0.5) is 0 Å². The number of phosphoric ester groups is 2.